The molecule has 1 aromatic heterocycles. The molecule has 2 aliphatic rings. The number of amides is 2. The maximum atomic E-state index is 12.4. The molecule has 1 saturated heterocycles. The summed E-state index contributed by atoms with van der Waals surface area (Å²) in [5, 5.41) is 1.87. The van der Waals surface area contributed by atoms with E-state index in [0.717, 1.165) is 0 Å². The molecule has 2 aliphatic heterocycles. The Morgan fingerprint density at radius 3 is 2.96 bits per heavy atom. The highest BCUT2D eigenvalue weighted by Crippen LogP contribution is 2.37. The van der Waals surface area contributed by atoms with E-state index < -0.39 is 5.92 Å². The van der Waals surface area contributed by atoms with Gasteiger partial charge in [-0.2, -0.15) is 4.99 Å². The lowest BCUT2D eigenvalue weighted by atomic mass is 10.1. The lowest BCUT2D eigenvalue weighted by Crippen LogP contribution is -2.26. The third-order valence-corrected chi connectivity index (χ3v) is 4.96. The van der Waals surface area contributed by atoms with Crippen molar-refractivity contribution in [3.05, 3.63) is 34.6 Å². The quantitative estimate of drug-likeness (QED) is 0.822. The highest BCUT2D eigenvalue weighted by Gasteiger charge is 2.35. The summed E-state index contributed by atoms with van der Waals surface area (Å²) in [6.45, 7) is 0.514. The van der Waals surface area contributed by atoms with Gasteiger partial charge in [0.2, 0.25) is 12.7 Å². The van der Waals surface area contributed by atoms with Crippen molar-refractivity contribution in [2.75, 3.05) is 18.2 Å². The molecule has 0 aliphatic carbocycles. The van der Waals surface area contributed by atoms with Crippen molar-refractivity contribution in [2.45, 2.75) is 6.42 Å². The first-order valence-electron chi connectivity index (χ1n) is 7.50. The van der Waals surface area contributed by atoms with E-state index in [1.165, 1.54) is 11.3 Å². The Morgan fingerprint density at radius 2 is 2.17 bits per heavy atom. The molecule has 0 saturated carbocycles. The Labute approximate surface area is 141 Å². The average Bonchev–Trinajstić information content (AvgIpc) is 3.27. The number of thiazole rings is 1. The van der Waals surface area contributed by atoms with E-state index in [2.05, 4.69) is 4.99 Å². The molecule has 2 amide bonds. The molecule has 24 heavy (non-hydrogen) atoms. The van der Waals surface area contributed by atoms with E-state index in [1.807, 2.05) is 18.6 Å². The maximum absolute atomic E-state index is 12.4. The molecule has 4 rings (SSSR count). The number of hydrogen-bond acceptors (Lipinski definition) is 5. The second-order valence-electron chi connectivity index (χ2n) is 5.69. The van der Waals surface area contributed by atoms with E-state index in [4.69, 9.17) is 9.47 Å². The second kappa shape index (κ2) is 5.79. The molecule has 124 valence electrons. The summed E-state index contributed by atoms with van der Waals surface area (Å²) >= 11 is 1.39. The minimum absolute atomic E-state index is 0.0852. The minimum Gasteiger partial charge on any atom is -0.454 e. The minimum atomic E-state index is -0.426. The van der Waals surface area contributed by atoms with E-state index in [0.29, 0.717) is 28.5 Å². The molecule has 0 radical (unpaired) electrons. The standard InChI is InChI=1S/C16H15N3O4S/c1-18-4-5-24-16(18)17-15(21)10-6-14(20)19(8-10)11-2-3-12-13(7-11)23-9-22-12/h2-5,7,10H,6,8-9H2,1H3. The first-order valence-corrected chi connectivity index (χ1v) is 8.38. The van der Waals surface area contributed by atoms with Gasteiger partial charge in [-0.05, 0) is 12.1 Å². The van der Waals surface area contributed by atoms with Crippen molar-refractivity contribution in [1.29, 1.82) is 0 Å². The van der Waals surface area contributed by atoms with E-state index in [1.54, 1.807) is 27.7 Å². The number of anilines is 1. The maximum Gasteiger partial charge on any atom is 0.253 e. The highest BCUT2D eigenvalue weighted by atomic mass is 32.1. The molecule has 0 spiro atoms. The van der Waals surface area contributed by atoms with Crippen LogP contribution in [-0.2, 0) is 16.6 Å². The van der Waals surface area contributed by atoms with Crippen LogP contribution in [0.5, 0.6) is 11.5 Å². The monoisotopic (exact) mass is 345 g/mol. The number of benzene rings is 1. The van der Waals surface area contributed by atoms with Crippen LogP contribution in [0.1, 0.15) is 6.42 Å². The molecule has 1 aromatic carbocycles. The Kier molecular flexibility index (Phi) is 3.61. The van der Waals surface area contributed by atoms with Gasteiger partial charge in [0.25, 0.3) is 5.91 Å². The smallest absolute Gasteiger partial charge is 0.253 e. The van der Waals surface area contributed by atoms with Crippen LogP contribution in [0, 0.1) is 5.92 Å². The largest absolute Gasteiger partial charge is 0.454 e. The van der Waals surface area contributed by atoms with Gasteiger partial charge in [0.15, 0.2) is 16.3 Å². The molecule has 7 nitrogen and oxygen atoms in total. The van der Waals surface area contributed by atoms with Crippen LogP contribution >= 0.6 is 11.3 Å². The normalized spacial score (nSPS) is 20.0. The molecule has 1 unspecified atom stereocenters. The molecule has 1 fully saturated rings. The highest BCUT2D eigenvalue weighted by molar-refractivity contribution is 7.07. The molecule has 1 atom stereocenters. The molecular weight excluding hydrogens is 330 g/mol. The van der Waals surface area contributed by atoms with Gasteiger partial charge in [0, 0.05) is 43.3 Å². The lowest BCUT2D eigenvalue weighted by molar-refractivity contribution is -0.123. The Morgan fingerprint density at radius 1 is 1.33 bits per heavy atom. The Bertz CT molecular complexity index is 885. The Balaban J connectivity index is 1.55. The van der Waals surface area contributed by atoms with Crippen LogP contribution in [0.4, 0.5) is 5.69 Å². The zero-order valence-electron chi connectivity index (χ0n) is 13.0. The van der Waals surface area contributed by atoms with Crippen LogP contribution in [0.2, 0.25) is 0 Å². The summed E-state index contributed by atoms with van der Waals surface area (Å²) in [5.74, 6) is 0.510. The summed E-state index contributed by atoms with van der Waals surface area (Å²) in [5.41, 5.74) is 0.709. The number of carbonyl (C=O) groups excluding carboxylic acids is 2. The number of aromatic nitrogens is 1. The fourth-order valence-corrected chi connectivity index (χ4v) is 3.53. The number of hydrogen-bond donors (Lipinski definition) is 0. The summed E-state index contributed by atoms with van der Waals surface area (Å²) in [6, 6.07) is 5.34. The lowest BCUT2D eigenvalue weighted by Gasteiger charge is -2.16. The average molecular weight is 345 g/mol. The third kappa shape index (κ3) is 2.58. The van der Waals surface area contributed by atoms with Crippen molar-refractivity contribution in [2.24, 2.45) is 18.0 Å². The zero-order chi connectivity index (χ0) is 16.7. The van der Waals surface area contributed by atoms with Gasteiger partial charge in [0.1, 0.15) is 0 Å². The molecule has 8 heteroatoms. The molecule has 2 aromatic rings. The fourth-order valence-electron chi connectivity index (χ4n) is 2.80. The van der Waals surface area contributed by atoms with Crippen LogP contribution in [0.25, 0.3) is 0 Å². The summed E-state index contributed by atoms with van der Waals surface area (Å²) in [7, 11) is 1.83. The van der Waals surface area contributed by atoms with E-state index in [-0.39, 0.29) is 25.0 Å². The first kappa shape index (κ1) is 14.9. The van der Waals surface area contributed by atoms with Gasteiger partial charge in [-0.15, -0.1) is 11.3 Å². The molecule has 0 N–H and O–H groups in total. The van der Waals surface area contributed by atoms with Crippen molar-refractivity contribution in [3.8, 4) is 11.5 Å². The van der Waals surface area contributed by atoms with Crippen LogP contribution in [-0.4, -0.2) is 29.7 Å². The van der Waals surface area contributed by atoms with Crippen LogP contribution in [0.15, 0.2) is 34.8 Å². The van der Waals surface area contributed by atoms with Crippen molar-refractivity contribution < 1.29 is 19.1 Å². The van der Waals surface area contributed by atoms with E-state index >= 15 is 0 Å². The number of fused-ring (bicyclic) bond motifs is 1. The number of carbonyl (C=O) groups is 2. The number of rotatable bonds is 2. The number of nitrogens with zero attached hydrogens (tertiary/aromatic N) is 3. The van der Waals surface area contributed by atoms with Crippen LogP contribution < -0.4 is 19.2 Å². The molecule has 3 heterocycles. The van der Waals surface area contributed by atoms with Gasteiger partial charge < -0.3 is 18.9 Å². The van der Waals surface area contributed by atoms with E-state index in [9.17, 15) is 9.59 Å². The number of aryl methyl sites for hydroxylation is 1. The summed E-state index contributed by atoms with van der Waals surface area (Å²) in [4.78, 5) is 31.1. The van der Waals surface area contributed by atoms with Gasteiger partial charge >= 0.3 is 0 Å². The second-order valence-corrected chi connectivity index (χ2v) is 6.56. The first-order chi connectivity index (χ1) is 11.6. The topological polar surface area (TPSA) is 73.1 Å². The summed E-state index contributed by atoms with van der Waals surface area (Å²) in [6.07, 6.45) is 2.02. The van der Waals surface area contributed by atoms with Crippen molar-refractivity contribution in [1.82, 2.24) is 4.57 Å². The van der Waals surface area contributed by atoms with Crippen LogP contribution in [0.3, 0.4) is 0 Å². The summed E-state index contributed by atoms with van der Waals surface area (Å²) < 4.78 is 12.4. The SMILES string of the molecule is Cn1ccsc1=NC(=O)C1CC(=O)N(c2ccc3c(c2)OCO3)C1. The predicted molar refractivity (Wildman–Crippen MR) is 86.9 cm³/mol. The Hall–Kier alpha value is -2.61. The van der Waals surface area contributed by atoms with Crippen molar-refractivity contribution in [3.63, 3.8) is 0 Å². The van der Waals surface area contributed by atoms with Gasteiger partial charge in [0.05, 0.1) is 5.92 Å². The zero-order valence-corrected chi connectivity index (χ0v) is 13.8. The van der Waals surface area contributed by atoms with Gasteiger partial charge in [-0.3, -0.25) is 9.59 Å². The van der Waals surface area contributed by atoms with Crippen molar-refractivity contribution >= 4 is 28.8 Å². The molecular formula is C16H15N3O4S. The fraction of sp³-hybridized carbons (Fsp3) is 0.312. The van der Waals surface area contributed by atoms with Gasteiger partial charge in [-0.25, -0.2) is 0 Å². The third-order valence-electron chi connectivity index (χ3n) is 4.11. The molecule has 0 bridgehead atoms. The number of ether oxygens (including phenoxy) is 2. The van der Waals surface area contributed by atoms with Gasteiger partial charge in [-0.1, -0.05) is 0 Å². The predicted octanol–water partition coefficient (Wildman–Crippen LogP) is 1.30.